The summed E-state index contributed by atoms with van der Waals surface area (Å²) in [5.41, 5.74) is 3.12. The normalized spacial score (nSPS) is 14.2. The molecule has 0 radical (unpaired) electrons. The van der Waals surface area contributed by atoms with Crippen molar-refractivity contribution >= 4 is 16.9 Å². The van der Waals surface area contributed by atoms with E-state index in [9.17, 15) is 9.18 Å². The zero-order chi connectivity index (χ0) is 16.0. The molecule has 1 aliphatic rings. The molecule has 3 nitrogen and oxygen atoms in total. The molecule has 0 unspecified atom stereocenters. The van der Waals surface area contributed by atoms with E-state index in [1.165, 1.54) is 30.5 Å². The number of nitrogens with one attached hydrogen (secondary N) is 1. The van der Waals surface area contributed by atoms with Gasteiger partial charge in [-0.2, -0.15) is 0 Å². The van der Waals surface area contributed by atoms with E-state index < -0.39 is 0 Å². The molecule has 4 rings (SSSR count). The number of amides is 1. The number of carbonyl (C=O) groups is 1. The third kappa shape index (κ3) is 2.40. The highest BCUT2D eigenvalue weighted by Gasteiger charge is 2.26. The van der Waals surface area contributed by atoms with Crippen LogP contribution >= 0.6 is 0 Å². The van der Waals surface area contributed by atoms with Crippen molar-refractivity contribution in [3.8, 4) is 11.3 Å². The molecule has 3 aromatic rings. The third-order valence-corrected chi connectivity index (χ3v) is 4.32. The first-order valence-corrected chi connectivity index (χ1v) is 7.72. The summed E-state index contributed by atoms with van der Waals surface area (Å²) in [6.07, 6.45) is 2.40. The maximum Gasteiger partial charge on any atom is 0.255 e. The Morgan fingerprint density at radius 1 is 1.17 bits per heavy atom. The van der Waals surface area contributed by atoms with Crippen molar-refractivity contribution in [3.63, 3.8) is 0 Å². The van der Waals surface area contributed by atoms with Crippen LogP contribution in [-0.2, 0) is 0 Å². The van der Waals surface area contributed by atoms with E-state index in [4.69, 9.17) is 4.42 Å². The van der Waals surface area contributed by atoms with E-state index in [-0.39, 0.29) is 11.7 Å². The van der Waals surface area contributed by atoms with Gasteiger partial charge in [0.05, 0.1) is 5.56 Å². The SMILES string of the molecule is CNC(=O)c1c(-c2ccc(F)cc2)oc2ccc(C3CC3)cc12. The van der Waals surface area contributed by atoms with Gasteiger partial charge in [-0.15, -0.1) is 0 Å². The summed E-state index contributed by atoms with van der Waals surface area (Å²) in [5, 5.41) is 3.49. The van der Waals surface area contributed by atoms with Gasteiger partial charge in [-0.25, -0.2) is 4.39 Å². The van der Waals surface area contributed by atoms with E-state index in [1.54, 1.807) is 19.2 Å². The van der Waals surface area contributed by atoms with Crippen LogP contribution in [0.25, 0.3) is 22.3 Å². The topological polar surface area (TPSA) is 42.2 Å². The number of furan rings is 1. The molecular formula is C19H16FNO2. The average Bonchev–Trinajstić information content (AvgIpc) is 3.35. The molecular weight excluding hydrogens is 293 g/mol. The fourth-order valence-electron chi connectivity index (χ4n) is 2.94. The molecule has 1 aromatic heterocycles. The van der Waals surface area contributed by atoms with Gasteiger partial charge in [0.1, 0.15) is 17.2 Å². The fraction of sp³-hybridized carbons (Fsp3) is 0.211. The molecule has 1 saturated carbocycles. The quantitative estimate of drug-likeness (QED) is 0.775. The average molecular weight is 309 g/mol. The van der Waals surface area contributed by atoms with E-state index >= 15 is 0 Å². The van der Waals surface area contributed by atoms with E-state index in [0.29, 0.717) is 28.4 Å². The van der Waals surface area contributed by atoms with Crippen LogP contribution in [0, 0.1) is 5.82 Å². The molecule has 0 spiro atoms. The number of halogens is 1. The molecule has 1 heterocycles. The lowest BCUT2D eigenvalue weighted by molar-refractivity contribution is 0.0964. The maximum atomic E-state index is 13.2. The lowest BCUT2D eigenvalue weighted by atomic mass is 10.0. The van der Waals surface area contributed by atoms with Crippen molar-refractivity contribution in [2.75, 3.05) is 7.05 Å². The predicted molar refractivity (Wildman–Crippen MR) is 87.0 cm³/mol. The van der Waals surface area contributed by atoms with Crippen molar-refractivity contribution in [1.29, 1.82) is 0 Å². The molecule has 116 valence electrons. The molecule has 0 atom stereocenters. The Kier molecular flexibility index (Phi) is 3.18. The molecule has 2 aromatic carbocycles. The number of hydrogen-bond donors (Lipinski definition) is 1. The minimum atomic E-state index is -0.317. The minimum Gasteiger partial charge on any atom is -0.455 e. The summed E-state index contributed by atoms with van der Waals surface area (Å²) in [6, 6.07) is 12.0. The molecule has 1 N–H and O–H groups in total. The molecule has 4 heteroatoms. The Morgan fingerprint density at radius 2 is 1.91 bits per heavy atom. The summed E-state index contributed by atoms with van der Waals surface area (Å²) >= 11 is 0. The Labute approximate surface area is 133 Å². The third-order valence-electron chi connectivity index (χ3n) is 4.32. The van der Waals surface area contributed by atoms with Crippen molar-refractivity contribution in [2.24, 2.45) is 0 Å². The van der Waals surface area contributed by atoms with Crippen LogP contribution < -0.4 is 5.32 Å². The minimum absolute atomic E-state index is 0.198. The zero-order valence-corrected chi connectivity index (χ0v) is 12.7. The second-order valence-electron chi connectivity index (χ2n) is 5.92. The van der Waals surface area contributed by atoms with E-state index in [2.05, 4.69) is 11.4 Å². The highest BCUT2D eigenvalue weighted by molar-refractivity contribution is 6.11. The number of hydrogen-bond acceptors (Lipinski definition) is 2. The first-order chi connectivity index (χ1) is 11.2. The van der Waals surface area contributed by atoms with Gasteiger partial charge in [0, 0.05) is 18.0 Å². The van der Waals surface area contributed by atoms with Gasteiger partial charge < -0.3 is 9.73 Å². The van der Waals surface area contributed by atoms with Crippen LogP contribution in [-0.4, -0.2) is 13.0 Å². The van der Waals surface area contributed by atoms with Crippen molar-refractivity contribution in [2.45, 2.75) is 18.8 Å². The van der Waals surface area contributed by atoms with E-state index in [1.807, 2.05) is 12.1 Å². The first-order valence-electron chi connectivity index (χ1n) is 7.72. The van der Waals surface area contributed by atoms with Gasteiger partial charge in [0.15, 0.2) is 0 Å². The highest BCUT2D eigenvalue weighted by Crippen LogP contribution is 2.42. The number of rotatable bonds is 3. The van der Waals surface area contributed by atoms with Crippen LogP contribution in [0.2, 0.25) is 0 Å². The fourth-order valence-corrected chi connectivity index (χ4v) is 2.94. The Balaban J connectivity index is 1.95. The number of benzene rings is 2. The zero-order valence-electron chi connectivity index (χ0n) is 12.7. The van der Waals surface area contributed by atoms with Crippen molar-refractivity contribution in [1.82, 2.24) is 5.32 Å². The Hall–Kier alpha value is -2.62. The second-order valence-corrected chi connectivity index (χ2v) is 5.92. The first kappa shape index (κ1) is 14.0. The molecule has 1 amide bonds. The van der Waals surface area contributed by atoms with Gasteiger partial charge in [-0.1, -0.05) is 6.07 Å². The maximum absolute atomic E-state index is 13.2. The summed E-state index contributed by atoms with van der Waals surface area (Å²) in [5.74, 6) is 0.562. The van der Waals surface area contributed by atoms with Gasteiger partial charge >= 0.3 is 0 Å². The van der Waals surface area contributed by atoms with Crippen LogP contribution in [0.1, 0.15) is 34.7 Å². The van der Waals surface area contributed by atoms with Crippen molar-refractivity contribution < 1.29 is 13.6 Å². The predicted octanol–water partition coefficient (Wildman–Crippen LogP) is 4.48. The molecule has 0 bridgehead atoms. The smallest absolute Gasteiger partial charge is 0.255 e. The molecule has 0 aliphatic heterocycles. The summed E-state index contributed by atoms with van der Waals surface area (Å²) in [7, 11) is 1.60. The lowest BCUT2D eigenvalue weighted by Crippen LogP contribution is -2.18. The highest BCUT2D eigenvalue weighted by atomic mass is 19.1. The largest absolute Gasteiger partial charge is 0.455 e. The van der Waals surface area contributed by atoms with Gasteiger partial charge in [0.25, 0.3) is 5.91 Å². The molecule has 23 heavy (non-hydrogen) atoms. The summed E-state index contributed by atoms with van der Waals surface area (Å²) in [4.78, 5) is 12.4. The lowest BCUT2D eigenvalue weighted by Gasteiger charge is -2.03. The van der Waals surface area contributed by atoms with Gasteiger partial charge in [-0.3, -0.25) is 4.79 Å². The van der Waals surface area contributed by atoms with Crippen LogP contribution in [0.3, 0.4) is 0 Å². The van der Waals surface area contributed by atoms with Gasteiger partial charge in [0.2, 0.25) is 0 Å². The van der Waals surface area contributed by atoms with Crippen LogP contribution in [0.4, 0.5) is 4.39 Å². The van der Waals surface area contributed by atoms with Crippen molar-refractivity contribution in [3.05, 3.63) is 59.4 Å². The monoisotopic (exact) mass is 309 g/mol. The number of carbonyl (C=O) groups excluding carboxylic acids is 1. The van der Waals surface area contributed by atoms with E-state index in [0.717, 1.165) is 5.39 Å². The van der Waals surface area contributed by atoms with Gasteiger partial charge in [-0.05, 0) is 60.7 Å². The number of fused-ring (bicyclic) bond motifs is 1. The van der Waals surface area contributed by atoms with Crippen LogP contribution in [0.5, 0.6) is 0 Å². The Morgan fingerprint density at radius 3 is 2.57 bits per heavy atom. The summed E-state index contributed by atoms with van der Waals surface area (Å²) in [6.45, 7) is 0. The molecule has 1 fully saturated rings. The standard InChI is InChI=1S/C19H16FNO2/c1-21-19(22)17-15-10-13(11-2-3-11)6-9-16(15)23-18(17)12-4-7-14(20)8-5-12/h4-11H,2-3H2,1H3,(H,21,22). The Bertz CT molecular complexity index is 892. The molecule has 1 aliphatic carbocycles. The van der Waals surface area contributed by atoms with Crippen LogP contribution in [0.15, 0.2) is 46.9 Å². The second kappa shape index (κ2) is 5.23. The summed E-state index contributed by atoms with van der Waals surface area (Å²) < 4.78 is 19.1. The molecule has 0 saturated heterocycles.